The minimum Gasteiger partial charge on any atom is -0.456 e. The van der Waals surface area contributed by atoms with Crippen molar-refractivity contribution in [3.05, 3.63) is 188 Å². The molecular formula is C51H31N3OS. The van der Waals surface area contributed by atoms with E-state index in [1.807, 2.05) is 72.0 Å². The molecule has 0 spiro atoms. The fourth-order valence-corrected chi connectivity index (χ4v) is 9.01. The Labute approximate surface area is 327 Å². The van der Waals surface area contributed by atoms with E-state index >= 15 is 0 Å². The number of aromatic nitrogens is 3. The third-order valence-corrected chi connectivity index (χ3v) is 11.7. The van der Waals surface area contributed by atoms with Gasteiger partial charge in [-0.2, -0.15) is 0 Å². The van der Waals surface area contributed by atoms with Gasteiger partial charge >= 0.3 is 0 Å². The lowest BCUT2D eigenvalue weighted by molar-refractivity contribution is 0.669. The first-order valence-electron chi connectivity index (χ1n) is 18.7. The molecule has 0 fully saturated rings. The SMILES string of the molecule is c1ccc(-c2ccc3c(c2)sc2c(-c4ccc5c(c4)oc4ccc(-c6cccc(-c7nc(-c8ccccc8)nc(-c8ccccc8)n7)c6)cc45)cccc23)cc1. The average molecular weight is 734 g/mol. The molecule has 0 aliphatic heterocycles. The van der Waals surface area contributed by atoms with E-state index in [0.29, 0.717) is 17.5 Å². The van der Waals surface area contributed by atoms with Crippen molar-refractivity contribution in [2.24, 2.45) is 0 Å². The third kappa shape index (κ3) is 5.65. The number of hydrogen-bond acceptors (Lipinski definition) is 5. The smallest absolute Gasteiger partial charge is 0.164 e. The molecule has 11 rings (SSSR count). The summed E-state index contributed by atoms with van der Waals surface area (Å²) in [5, 5.41) is 4.75. The summed E-state index contributed by atoms with van der Waals surface area (Å²) in [6.07, 6.45) is 0. The van der Waals surface area contributed by atoms with Gasteiger partial charge in [-0.1, -0.05) is 152 Å². The largest absolute Gasteiger partial charge is 0.456 e. The average Bonchev–Trinajstić information content (AvgIpc) is 3.84. The molecule has 0 atom stereocenters. The Morgan fingerprint density at radius 2 is 0.875 bits per heavy atom. The Balaban J connectivity index is 0.963. The highest BCUT2D eigenvalue weighted by Gasteiger charge is 2.16. The molecule has 0 aliphatic rings. The van der Waals surface area contributed by atoms with Gasteiger partial charge in [0.25, 0.3) is 0 Å². The van der Waals surface area contributed by atoms with Crippen LogP contribution in [0.2, 0.25) is 0 Å². The summed E-state index contributed by atoms with van der Waals surface area (Å²) in [5.41, 5.74) is 11.6. The molecule has 0 saturated heterocycles. The second-order valence-electron chi connectivity index (χ2n) is 14.0. The second kappa shape index (κ2) is 13.3. The minimum absolute atomic E-state index is 0.632. The fourth-order valence-electron chi connectivity index (χ4n) is 7.74. The first-order chi connectivity index (χ1) is 27.7. The lowest BCUT2D eigenvalue weighted by atomic mass is 9.99. The highest BCUT2D eigenvalue weighted by molar-refractivity contribution is 7.26. The molecule has 8 aromatic carbocycles. The van der Waals surface area contributed by atoms with Crippen molar-refractivity contribution in [1.82, 2.24) is 15.0 Å². The van der Waals surface area contributed by atoms with Crippen LogP contribution >= 0.6 is 11.3 Å². The van der Waals surface area contributed by atoms with Gasteiger partial charge in [-0.25, -0.2) is 15.0 Å². The van der Waals surface area contributed by atoms with Gasteiger partial charge in [0.2, 0.25) is 0 Å². The molecule has 11 aromatic rings. The van der Waals surface area contributed by atoms with Crippen molar-refractivity contribution in [2.45, 2.75) is 0 Å². The fraction of sp³-hybridized carbons (Fsp3) is 0. The third-order valence-electron chi connectivity index (χ3n) is 10.5. The zero-order valence-electron chi connectivity index (χ0n) is 30.1. The zero-order chi connectivity index (χ0) is 37.0. The molecule has 4 nitrogen and oxygen atoms in total. The molecule has 0 saturated carbocycles. The minimum atomic E-state index is 0.632. The van der Waals surface area contributed by atoms with Crippen LogP contribution in [0.3, 0.4) is 0 Å². The molecule has 3 aromatic heterocycles. The first kappa shape index (κ1) is 32.2. The number of nitrogens with zero attached hydrogens (tertiary/aromatic N) is 3. The summed E-state index contributed by atoms with van der Waals surface area (Å²) in [5.74, 6) is 1.92. The Bertz CT molecular complexity index is 3180. The van der Waals surface area contributed by atoms with Crippen LogP contribution in [0.5, 0.6) is 0 Å². The Morgan fingerprint density at radius 1 is 0.321 bits per heavy atom. The van der Waals surface area contributed by atoms with E-state index in [1.54, 1.807) is 0 Å². The summed E-state index contributed by atoms with van der Waals surface area (Å²) >= 11 is 1.86. The maximum absolute atomic E-state index is 6.52. The van der Waals surface area contributed by atoms with Crippen LogP contribution in [0.25, 0.3) is 110 Å². The molecule has 0 N–H and O–H groups in total. The van der Waals surface area contributed by atoms with Gasteiger partial charge in [0.05, 0.1) is 0 Å². The van der Waals surface area contributed by atoms with E-state index < -0.39 is 0 Å². The van der Waals surface area contributed by atoms with Gasteiger partial charge in [-0.3, -0.25) is 0 Å². The van der Waals surface area contributed by atoms with Crippen LogP contribution in [0.15, 0.2) is 192 Å². The maximum Gasteiger partial charge on any atom is 0.164 e. The standard InChI is InChI=1S/C51H31N3OS/c1-4-12-32(13-5-1)37-22-26-42-43-21-11-20-40(48(43)56-47(42)31-37)38-23-25-41-44-29-36(24-27-45(44)55-46(41)30-38)35-18-10-19-39(28-35)51-53-49(33-14-6-2-7-15-33)52-50(54-51)34-16-8-3-9-17-34/h1-31H. The summed E-state index contributed by atoms with van der Waals surface area (Å²) < 4.78 is 9.10. The van der Waals surface area contributed by atoms with Gasteiger partial charge in [0.15, 0.2) is 17.5 Å². The number of rotatable bonds is 6. The van der Waals surface area contributed by atoms with E-state index in [4.69, 9.17) is 19.4 Å². The van der Waals surface area contributed by atoms with Gasteiger partial charge in [0.1, 0.15) is 11.2 Å². The summed E-state index contributed by atoms with van der Waals surface area (Å²) in [6, 6.07) is 65.7. The topological polar surface area (TPSA) is 51.8 Å². The molecule has 0 radical (unpaired) electrons. The Kier molecular flexibility index (Phi) is 7.64. The molecule has 262 valence electrons. The number of benzene rings is 8. The highest BCUT2D eigenvalue weighted by Crippen LogP contribution is 2.43. The molecular weight excluding hydrogens is 703 g/mol. The van der Waals surface area contributed by atoms with E-state index in [9.17, 15) is 0 Å². The van der Waals surface area contributed by atoms with Crippen molar-refractivity contribution >= 4 is 53.4 Å². The van der Waals surface area contributed by atoms with E-state index in [2.05, 4.69) is 127 Å². The molecule has 5 heteroatoms. The monoisotopic (exact) mass is 733 g/mol. The van der Waals surface area contributed by atoms with Crippen LogP contribution < -0.4 is 0 Å². The van der Waals surface area contributed by atoms with Gasteiger partial charge in [-0.05, 0) is 69.8 Å². The van der Waals surface area contributed by atoms with E-state index in [0.717, 1.165) is 55.3 Å². The second-order valence-corrected chi connectivity index (χ2v) is 15.1. The van der Waals surface area contributed by atoms with Crippen molar-refractivity contribution in [3.63, 3.8) is 0 Å². The highest BCUT2D eigenvalue weighted by atomic mass is 32.1. The van der Waals surface area contributed by atoms with E-state index in [1.165, 1.54) is 36.9 Å². The van der Waals surface area contributed by atoms with Crippen LogP contribution in [0.4, 0.5) is 0 Å². The number of furan rings is 1. The molecule has 3 heterocycles. The van der Waals surface area contributed by atoms with Crippen molar-refractivity contribution in [3.8, 4) is 67.5 Å². The summed E-state index contributed by atoms with van der Waals surface area (Å²) in [7, 11) is 0. The number of hydrogen-bond donors (Lipinski definition) is 0. The molecule has 0 aliphatic carbocycles. The van der Waals surface area contributed by atoms with Gasteiger partial charge < -0.3 is 4.42 Å². The number of thiophene rings is 1. The lowest BCUT2D eigenvalue weighted by Crippen LogP contribution is -2.00. The maximum atomic E-state index is 6.52. The van der Waals surface area contributed by atoms with Crippen LogP contribution in [0, 0.1) is 0 Å². The van der Waals surface area contributed by atoms with Crippen molar-refractivity contribution in [1.29, 1.82) is 0 Å². The van der Waals surface area contributed by atoms with Crippen LogP contribution in [0.1, 0.15) is 0 Å². The van der Waals surface area contributed by atoms with Gasteiger partial charge in [0, 0.05) is 47.6 Å². The summed E-state index contributed by atoms with van der Waals surface area (Å²) in [4.78, 5) is 14.8. The normalized spacial score (nSPS) is 11.6. The van der Waals surface area contributed by atoms with Gasteiger partial charge in [-0.15, -0.1) is 11.3 Å². The molecule has 56 heavy (non-hydrogen) atoms. The van der Waals surface area contributed by atoms with E-state index in [-0.39, 0.29) is 0 Å². The van der Waals surface area contributed by atoms with Crippen molar-refractivity contribution < 1.29 is 4.42 Å². The predicted molar refractivity (Wildman–Crippen MR) is 233 cm³/mol. The zero-order valence-corrected chi connectivity index (χ0v) is 30.9. The summed E-state index contributed by atoms with van der Waals surface area (Å²) in [6.45, 7) is 0. The van der Waals surface area contributed by atoms with Crippen LogP contribution in [-0.2, 0) is 0 Å². The molecule has 0 unspecified atom stereocenters. The molecule has 0 amide bonds. The number of fused-ring (bicyclic) bond motifs is 6. The Morgan fingerprint density at radius 3 is 1.61 bits per heavy atom. The molecule has 0 bridgehead atoms. The lowest BCUT2D eigenvalue weighted by Gasteiger charge is -2.09. The predicted octanol–water partition coefficient (Wildman–Crippen LogP) is 14.1. The quantitative estimate of drug-likeness (QED) is 0.171. The van der Waals surface area contributed by atoms with Crippen molar-refractivity contribution in [2.75, 3.05) is 0 Å². The first-order valence-corrected chi connectivity index (χ1v) is 19.5. The van der Waals surface area contributed by atoms with Crippen LogP contribution in [-0.4, -0.2) is 15.0 Å². The Hall–Kier alpha value is -7.21.